The summed E-state index contributed by atoms with van der Waals surface area (Å²) >= 11 is 0. The van der Waals surface area contributed by atoms with Crippen LogP contribution in [0, 0.1) is 6.92 Å². The van der Waals surface area contributed by atoms with Crippen LogP contribution in [0.15, 0.2) is 29.2 Å². The van der Waals surface area contributed by atoms with Gasteiger partial charge in [0.15, 0.2) is 5.65 Å². The molecule has 2 aliphatic rings. The molecule has 5 rings (SSSR count). The fourth-order valence-electron chi connectivity index (χ4n) is 4.67. The van der Waals surface area contributed by atoms with E-state index in [1.54, 1.807) is 18.2 Å². The largest absolute Gasteiger partial charge is 0.495 e. The van der Waals surface area contributed by atoms with Crippen LogP contribution in [-0.2, 0) is 27.7 Å². The molecule has 1 fully saturated rings. The van der Waals surface area contributed by atoms with Crippen LogP contribution in [0.4, 0.5) is 5.69 Å². The third-order valence-corrected chi connectivity index (χ3v) is 8.37. The van der Waals surface area contributed by atoms with Gasteiger partial charge in [0.1, 0.15) is 22.0 Å². The highest BCUT2D eigenvalue weighted by Crippen LogP contribution is 2.31. The van der Waals surface area contributed by atoms with Crippen molar-refractivity contribution >= 4 is 32.8 Å². The highest BCUT2D eigenvalue weighted by atomic mass is 32.2. The zero-order chi connectivity index (χ0) is 24.6. The second-order valence-electron chi connectivity index (χ2n) is 8.81. The molecule has 4 heterocycles. The van der Waals surface area contributed by atoms with Crippen molar-refractivity contribution in [3.63, 3.8) is 0 Å². The molecule has 186 valence electrons. The van der Waals surface area contributed by atoms with Crippen LogP contribution in [0.3, 0.4) is 0 Å². The Labute approximate surface area is 204 Å². The molecule has 0 unspecified atom stereocenters. The lowest BCUT2D eigenvalue weighted by molar-refractivity contribution is 0.0729. The first kappa shape index (κ1) is 23.7. The standard InChI is InChI=1S/C24H29N5O5S/c1-16-14-18(22-23(25-16)29-9-5-3-4-6-21(29)27-22)24(30)26-17-7-8-19(33-2)20(15-17)35(31,32)28-10-12-34-13-11-28/h7-8,14-15H,3-6,9-13H2,1-2H3,(H,26,30). The lowest BCUT2D eigenvalue weighted by Gasteiger charge is -2.26. The van der Waals surface area contributed by atoms with Crippen LogP contribution in [0.5, 0.6) is 5.75 Å². The molecule has 0 atom stereocenters. The zero-order valence-corrected chi connectivity index (χ0v) is 20.7. The summed E-state index contributed by atoms with van der Waals surface area (Å²) in [6, 6.07) is 6.34. The van der Waals surface area contributed by atoms with E-state index in [-0.39, 0.29) is 29.6 Å². The zero-order valence-electron chi connectivity index (χ0n) is 19.9. The molecule has 2 aromatic heterocycles. The van der Waals surface area contributed by atoms with Crippen molar-refractivity contribution in [1.29, 1.82) is 0 Å². The second-order valence-corrected chi connectivity index (χ2v) is 10.7. The van der Waals surface area contributed by atoms with Crippen LogP contribution in [0.2, 0.25) is 0 Å². The Bertz CT molecular complexity index is 1380. The highest BCUT2D eigenvalue weighted by Gasteiger charge is 2.30. The van der Waals surface area contributed by atoms with Gasteiger partial charge in [0, 0.05) is 37.4 Å². The van der Waals surface area contributed by atoms with E-state index in [0.29, 0.717) is 30.0 Å². The van der Waals surface area contributed by atoms with E-state index in [0.717, 1.165) is 49.4 Å². The van der Waals surface area contributed by atoms with Gasteiger partial charge in [-0.25, -0.2) is 18.4 Å². The normalized spacial score (nSPS) is 17.1. The number of nitrogens with one attached hydrogen (secondary N) is 1. The van der Waals surface area contributed by atoms with E-state index in [4.69, 9.17) is 14.5 Å². The number of nitrogens with zero attached hydrogens (tertiary/aromatic N) is 4. The number of amides is 1. The number of anilines is 1. The molecular formula is C24H29N5O5S. The summed E-state index contributed by atoms with van der Waals surface area (Å²) in [7, 11) is -2.40. The van der Waals surface area contributed by atoms with Gasteiger partial charge >= 0.3 is 0 Å². The number of hydrogen-bond donors (Lipinski definition) is 1. The third kappa shape index (κ3) is 4.51. The SMILES string of the molecule is COc1ccc(NC(=O)c2cc(C)nc3c2nc2n3CCCCC2)cc1S(=O)(=O)N1CCOCC1. The molecule has 0 spiro atoms. The Morgan fingerprint density at radius 2 is 1.89 bits per heavy atom. The van der Waals surface area contributed by atoms with Crippen LogP contribution >= 0.6 is 0 Å². The smallest absolute Gasteiger partial charge is 0.258 e. The molecule has 0 saturated carbocycles. The highest BCUT2D eigenvalue weighted by molar-refractivity contribution is 7.89. The average molecular weight is 500 g/mol. The maximum Gasteiger partial charge on any atom is 0.258 e. The summed E-state index contributed by atoms with van der Waals surface area (Å²) in [5.74, 6) is 0.802. The van der Waals surface area contributed by atoms with Crippen molar-refractivity contribution < 1.29 is 22.7 Å². The maximum atomic E-state index is 13.4. The van der Waals surface area contributed by atoms with Crippen LogP contribution < -0.4 is 10.1 Å². The number of fused-ring (bicyclic) bond motifs is 3. The van der Waals surface area contributed by atoms with Gasteiger partial charge in [-0.15, -0.1) is 0 Å². The molecule has 2 aliphatic heterocycles. The summed E-state index contributed by atoms with van der Waals surface area (Å²) in [6.45, 7) is 3.90. The molecule has 1 amide bonds. The molecular weight excluding hydrogens is 470 g/mol. The average Bonchev–Trinajstić information content (AvgIpc) is 3.04. The fourth-order valence-corrected chi connectivity index (χ4v) is 6.26. The summed E-state index contributed by atoms with van der Waals surface area (Å²) in [6.07, 6.45) is 4.13. The minimum absolute atomic E-state index is 0.00413. The molecule has 0 aliphatic carbocycles. The number of hydrogen-bond acceptors (Lipinski definition) is 7. The van der Waals surface area contributed by atoms with E-state index in [9.17, 15) is 13.2 Å². The number of benzene rings is 1. The first-order chi connectivity index (χ1) is 16.9. The summed E-state index contributed by atoms with van der Waals surface area (Å²) < 4.78 is 40.7. The molecule has 10 nitrogen and oxygen atoms in total. The fraction of sp³-hybridized carbons (Fsp3) is 0.458. The molecule has 11 heteroatoms. The first-order valence-corrected chi connectivity index (χ1v) is 13.3. The van der Waals surface area contributed by atoms with Gasteiger partial charge in [0.05, 0.1) is 25.9 Å². The third-order valence-electron chi connectivity index (χ3n) is 6.45. The Kier molecular flexibility index (Phi) is 6.47. The number of aryl methyl sites for hydroxylation is 3. The maximum absolute atomic E-state index is 13.4. The molecule has 1 aromatic carbocycles. The summed E-state index contributed by atoms with van der Waals surface area (Å²) in [4.78, 5) is 22.8. The molecule has 1 saturated heterocycles. The lowest BCUT2D eigenvalue weighted by atomic mass is 10.1. The van der Waals surface area contributed by atoms with E-state index in [1.807, 2.05) is 6.92 Å². The van der Waals surface area contributed by atoms with Crippen LogP contribution in [0.1, 0.15) is 41.1 Å². The number of sulfonamides is 1. The van der Waals surface area contributed by atoms with Gasteiger partial charge in [0.25, 0.3) is 5.91 Å². The number of carbonyl (C=O) groups excluding carboxylic acids is 1. The van der Waals surface area contributed by atoms with Crippen molar-refractivity contribution in [2.75, 3.05) is 38.7 Å². The molecule has 35 heavy (non-hydrogen) atoms. The number of ether oxygens (including phenoxy) is 2. The summed E-state index contributed by atoms with van der Waals surface area (Å²) in [5, 5.41) is 2.86. The minimum atomic E-state index is -3.82. The molecule has 1 N–H and O–H groups in total. The molecule has 3 aromatic rings. The minimum Gasteiger partial charge on any atom is -0.495 e. The Morgan fingerprint density at radius 3 is 2.66 bits per heavy atom. The predicted molar refractivity (Wildman–Crippen MR) is 130 cm³/mol. The molecule has 0 radical (unpaired) electrons. The van der Waals surface area contributed by atoms with Gasteiger partial charge in [-0.2, -0.15) is 4.31 Å². The van der Waals surface area contributed by atoms with E-state index >= 15 is 0 Å². The number of morpholine rings is 1. The Hall–Kier alpha value is -3.02. The van der Waals surface area contributed by atoms with Crippen molar-refractivity contribution in [2.24, 2.45) is 0 Å². The predicted octanol–water partition coefficient (Wildman–Crippen LogP) is 2.75. The van der Waals surface area contributed by atoms with Gasteiger partial charge < -0.3 is 19.4 Å². The topological polar surface area (TPSA) is 116 Å². The number of carbonyl (C=O) groups is 1. The van der Waals surface area contributed by atoms with Crippen molar-refractivity contribution in [3.8, 4) is 5.75 Å². The lowest BCUT2D eigenvalue weighted by Crippen LogP contribution is -2.40. The summed E-state index contributed by atoms with van der Waals surface area (Å²) in [5.41, 5.74) is 2.78. The Balaban J connectivity index is 1.49. The van der Waals surface area contributed by atoms with Crippen molar-refractivity contribution in [3.05, 3.63) is 41.3 Å². The number of rotatable bonds is 5. The van der Waals surface area contributed by atoms with Gasteiger partial charge in [-0.3, -0.25) is 4.79 Å². The first-order valence-electron chi connectivity index (χ1n) is 11.8. The number of methoxy groups -OCH3 is 1. The van der Waals surface area contributed by atoms with E-state index in [2.05, 4.69) is 14.9 Å². The second kappa shape index (κ2) is 9.56. The molecule has 0 bridgehead atoms. The van der Waals surface area contributed by atoms with E-state index < -0.39 is 10.0 Å². The van der Waals surface area contributed by atoms with Crippen molar-refractivity contribution in [2.45, 2.75) is 44.0 Å². The Morgan fingerprint density at radius 1 is 1.09 bits per heavy atom. The number of aromatic nitrogens is 3. The van der Waals surface area contributed by atoms with E-state index in [1.165, 1.54) is 17.5 Å². The monoisotopic (exact) mass is 499 g/mol. The van der Waals surface area contributed by atoms with Crippen molar-refractivity contribution in [1.82, 2.24) is 18.8 Å². The number of imidazole rings is 1. The van der Waals surface area contributed by atoms with Crippen LogP contribution in [-0.4, -0.2) is 66.6 Å². The van der Waals surface area contributed by atoms with Gasteiger partial charge in [-0.1, -0.05) is 6.42 Å². The van der Waals surface area contributed by atoms with Gasteiger partial charge in [0.2, 0.25) is 10.0 Å². The van der Waals surface area contributed by atoms with Crippen LogP contribution in [0.25, 0.3) is 11.2 Å². The quantitative estimate of drug-likeness (QED) is 0.574. The number of pyridine rings is 1. The van der Waals surface area contributed by atoms with Gasteiger partial charge in [-0.05, 0) is 44.0 Å².